The molecule has 8 nitrogen and oxygen atoms in total. The minimum absolute atomic E-state index is 0.405. The Labute approximate surface area is 90.4 Å². The van der Waals surface area contributed by atoms with E-state index in [2.05, 4.69) is 10.2 Å². The van der Waals surface area contributed by atoms with Crippen molar-refractivity contribution in [2.24, 2.45) is 10.2 Å². The van der Waals surface area contributed by atoms with Gasteiger partial charge in [0.05, 0.1) is 25.0 Å². The molecule has 0 aliphatic heterocycles. The lowest BCUT2D eigenvalue weighted by Gasteiger charge is -2.03. The van der Waals surface area contributed by atoms with Crippen LogP contribution in [0.4, 0.5) is 0 Å². The van der Waals surface area contributed by atoms with Gasteiger partial charge in [0.2, 0.25) is 0 Å². The number of carboxylic acid groups (broad SMARTS) is 2. The normalized spacial score (nSPS) is 13.6. The predicted octanol–water partition coefficient (Wildman–Crippen LogP) is 0.172. The average Bonchev–Trinajstić information content (AvgIpc) is 2.21. The van der Waals surface area contributed by atoms with Crippen LogP contribution in [0, 0.1) is 22.7 Å². The van der Waals surface area contributed by atoms with E-state index in [9.17, 15) is 9.59 Å². The SMILES string of the molecule is N#CCC(N=NC(CC#N)C(=O)O)C(=O)O. The van der Waals surface area contributed by atoms with E-state index < -0.39 is 36.9 Å². The molecule has 0 amide bonds. The van der Waals surface area contributed by atoms with E-state index in [0.717, 1.165) is 0 Å². The van der Waals surface area contributed by atoms with Gasteiger partial charge >= 0.3 is 11.9 Å². The number of hydrogen-bond acceptors (Lipinski definition) is 6. The lowest BCUT2D eigenvalue weighted by molar-refractivity contribution is -0.140. The van der Waals surface area contributed by atoms with E-state index in [1.165, 1.54) is 0 Å². The molecule has 16 heavy (non-hydrogen) atoms. The van der Waals surface area contributed by atoms with E-state index in [4.69, 9.17) is 20.7 Å². The van der Waals surface area contributed by atoms with Gasteiger partial charge in [-0.25, -0.2) is 9.59 Å². The molecule has 2 atom stereocenters. The van der Waals surface area contributed by atoms with Gasteiger partial charge in [-0.05, 0) is 0 Å². The van der Waals surface area contributed by atoms with Crippen molar-refractivity contribution in [1.82, 2.24) is 0 Å². The maximum Gasteiger partial charge on any atom is 0.331 e. The van der Waals surface area contributed by atoms with Crippen LogP contribution in [-0.2, 0) is 9.59 Å². The predicted molar refractivity (Wildman–Crippen MR) is 48.2 cm³/mol. The Balaban J connectivity index is 4.64. The summed E-state index contributed by atoms with van der Waals surface area (Å²) in [4.78, 5) is 21.0. The Kier molecular flexibility index (Phi) is 5.83. The van der Waals surface area contributed by atoms with E-state index in [1.807, 2.05) is 0 Å². The van der Waals surface area contributed by atoms with Gasteiger partial charge in [-0.15, -0.1) is 0 Å². The van der Waals surface area contributed by atoms with Crippen LogP contribution in [-0.4, -0.2) is 34.2 Å². The van der Waals surface area contributed by atoms with Crippen LogP contribution >= 0.6 is 0 Å². The highest BCUT2D eigenvalue weighted by atomic mass is 16.4. The van der Waals surface area contributed by atoms with Crippen molar-refractivity contribution < 1.29 is 19.8 Å². The van der Waals surface area contributed by atoms with Crippen molar-refractivity contribution in [3.05, 3.63) is 0 Å². The van der Waals surface area contributed by atoms with Crippen LogP contribution < -0.4 is 0 Å². The summed E-state index contributed by atoms with van der Waals surface area (Å²) < 4.78 is 0. The lowest BCUT2D eigenvalue weighted by atomic mass is 10.2. The van der Waals surface area contributed by atoms with E-state index in [1.54, 1.807) is 12.1 Å². The first-order chi connectivity index (χ1) is 7.52. The Bertz CT molecular complexity index is 342. The molecular formula is C8H8N4O4. The van der Waals surface area contributed by atoms with Crippen LogP contribution in [0.15, 0.2) is 10.2 Å². The lowest BCUT2D eigenvalue weighted by Crippen LogP contribution is -2.20. The van der Waals surface area contributed by atoms with Gasteiger partial charge in [-0.3, -0.25) is 0 Å². The monoisotopic (exact) mass is 224 g/mol. The molecule has 0 radical (unpaired) electrons. The Morgan fingerprint density at radius 2 is 1.31 bits per heavy atom. The highest BCUT2D eigenvalue weighted by Gasteiger charge is 2.20. The number of rotatable bonds is 6. The fraction of sp³-hybridized carbons (Fsp3) is 0.500. The van der Waals surface area contributed by atoms with Gasteiger partial charge < -0.3 is 10.2 Å². The molecule has 0 bridgehead atoms. The smallest absolute Gasteiger partial charge is 0.331 e. The molecule has 0 saturated heterocycles. The zero-order valence-electron chi connectivity index (χ0n) is 8.07. The van der Waals surface area contributed by atoms with Crippen molar-refractivity contribution in [2.75, 3.05) is 0 Å². The molecule has 2 N–H and O–H groups in total. The number of azo groups is 1. The van der Waals surface area contributed by atoms with Crippen molar-refractivity contribution in [1.29, 1.82) is 10.5 Å². The topological polar surface area (TPSA) is 147 Å². The van der Waals surface area contributed by atoms with Crippen LogP contribution in [0.2, 0.25) is 0 Å². The molecule has 0 aromatic carbocycles. The molecule has 0 fully saturated rings. The molecule has 2 unspecified atom stereocenters. The third-order valence-corrected chi connectivity index (χ3v) is 1.48. The summed E-state index contributed by atoms with van der Waals surface area (Å²) in [5.74, 6) is -2.74. The minimum atomic E-state index is -1.40. The highest BCUT2D eigenvalue weighted by Crippen LogP contribution is 2.04. The Morgan fingerprint density at radius 3 is 1.50 bits per heavy atom. The number of nitriles is 2. The zero-order chi connectivity index (χ0) is 12.6. The first-order valence-corrected chi connectivity index (χ1v) is 4.12. The maximum atomic E-state index is 10.5. The average molecular weight is 224 g/mol. The summed E-state index contributed by atoms with van der Waals surface area (Å²) in [5, 5.41) is 40.1. The second-order valence-corrected chi connectivity index (χ2v) is 2.66. The standard InChI is InChI=1S/C8H8N4O4/c9-3-1-5(7(13)14)11-12-6(2-4-10)8(15)16/h5-6H,1-2H2,(H,13,14)(H,15,16). The molecule has 0 saturated carbocycles. The summed E-state index contributed by atoms with van der Waals surface area (Å²) in [5.41, 5.74) is 0. The molecule has 0 aromatic rings. The molecule has 0 aliphatic carbocycles. The highest BCUT2D eigenvalue weighted by molar-refractivity contribution is 5.75. The maximum absolute atomic E-state index is 10.5. The third kappa shape index (κ3) is 4.67. The first-order valence-electron chi connectivity index (χ1n) is 4.12. The number of hydrogen-bond donors (Lipinski definition) is 2. The summed E-state index contributed by atoms with van der Waals surface area (Å²) in [6, 6.07) is 0.379. The molecule has 84 valence electrons. The molecule has 0 aromatic heterocycles. The molecule has 0 aliphatic rings. The Hall–Kier alpha value is -2.48. The minimum Gasteiger partial charge on any atom is -0.480 e. The number of aliphatic carboxylic acids is 2. The molecule has 0 rings (SSSR count). The van der Waals surface area contributed by atoms with Crippen LogP contribution in [0.5, 0.6) is 0 Å². The number of carboxylic acids is 2. The van der Waals surface area contributed by atoms with Gasteiger partial charge in [0.25, 0.3) is 0 Å². The molecule has 0 spiro atoms. The van der Waals surface area contributed by atoms with Gasteiger partial charge in [0, 0.05) is 0 Å². The second kappa shape index (κ2) is 6.90. The van der Waals surface area contributed by atoms with Crippen molar-refractivity contribution >= 4 is 11.9 Å². The van der Waals surface area contributed by atoms with Crippen LogP contribution in [0.25, 0.3) is 0 Å². The van der Waals surface area contributed by atoms with Gasteiger partial charge in [0.15, 0.2) is 12.1 Å². The first kappa shape index (κ1) is 13.5. The summed E-state index contributed by atoms with van der Waals surface area (Å²) in [7, 11) is 0. The van der Waals surface area contributed by atoms with Crippen molar-refractivity contribution in [2.45, 2.75) is 24.9 Å². The summed E-state index contributed by atoms with van der Waals surface area (Å²) in [6.07, 6.45) is -0.810. The summed E-state index contributed by atoms with van der Waals surface area (Å²) >= 11 is 0. The van der Waals surface area contributed by atoms with Gasteiger partial charge in [-0.2, -0.15) is 20.8 Å². The van der Waals surface area contributed by atoms with Crippen molar-refractivity contribution in [3.63, 3.8) is 0 Å². The third-order valence-electron chi connectivity index (χ3n) is 1.48. The number of carbonyl (C=O) groups is 2. The van der Waals surface area contributed by atoms with Crippen LogP contribution in [0.3, 0.4) is 0 Å². The van der Waals surface area contributed by atoms with Crippen LogP contribution in [0.1, 0.15) is 12.8 Å². The van der Waals surface area contributed by atoms with Gasteiger partial charge in [-0.1, -0.05) is 0 Å². The molecule has 0 heterocycles. The molecule has 8 heteroatoms. The number of nitrogens with zero attached hydrogens (tertiary/aromatic N) is 4. The molecular weight excluding hydrogens is 216 g/mol. The van der Waals surface area contributed by atoms with E-state index in [0.29, 0.717) is 0 Å². The summed E-state index contributed by atoms with van der Waals surface area (Å²) in [6.45, 7) is 0. The fourth-order valence-electron chi connectivity index (χ4n) is 0.689. The van der Waals surface area contributed by atoms with Crippen molar-refractivity contribution in [3.8, 4) is 12.1 Å². The zero-order valence-corrected chi connectivity index (χ0v) is 8.07. The van der Waals surface area contributed by atoms with E-state index >= 15 is 0 Å². The second-order valence-electron chi connectivity index (χ2n) is 2.66. The van der Waals surface area contributed by atoms with E-state index in [-0.39, 0.29) is 0 Å². The fourth-order valence-corrected chi connectivity index (χ4v) is 0.689. The Morgan fingerprint density at radius 1 is 1.00 bits per heavy atom. The van der Waals surface area contributed by atoms with Gasteiger partial charge in [0.1, 0.15) is 0 Å². The quantitative estimate of drug-likeness (QED) is 0.614. The largest absolute Gasteiger partial charge is 0.480 e.